The molecule has 0 aliphatic rings. The summed E-state index contributed by atoms with van der Waals surface area (Å²) >= 11 is 1.42. The summed E-state index contributed by atoms with van der Waals surface area (Å²) in [6.07, 6.45) is 2.90. The van der Waals surface area contributed by atoms with Gasteiger partial charge in [-0.05, 0) is 18.1 Å². The summed E-state index contributed by atoms with van der Waals surface area (Å²) < 4.78 is 6.07. The second kappa shape index (κ2) is 8.01. The number of thiazole rings is 1. The summed E-state index contributed by atoms with van der Waals surface area (Å²) in [5, 5.41) is 3.27. The Morgan fingerprint density at radius 2 is 1.96 bits per heavy atom. The van der Waals surface area contributed by atoms with Gasteiger partial charge in [0, 0.05) is 18.9 Å². The molecule has 0 aliphatic carbocycles. The zero-order valence-electron chi connectivity index (χ0n) is 14.4. The van der Waals surface area contributed by atoms with Crippen molar-refractivity contribution in [2.75, 3.05) is 13.2 Å². The van der Waals surface area contributed by atoms with Crippen LogP contribution in [0.4, 0.5) is 0 Å². The number of fused-ring (bicyclic) bond motifs is 1. The fourth-order valence-corrected chi connectivity index (χ4v) is 3.15. The van der Waals surface area contributed by atoms with Crippen LogP contribution in [-0.2, 0) is 9.53 Å². The first-order valence-corrected chi connectivity index (χ1v) is 8.97. The first-order chi connectivity index (χ1) is 12.5. The summed E-state index contributed by atoms with van der Waals surface area (Å²) in [5.41, 5.74) is 1.22. The van der Waals surface area contributed by atoms with E-state index in [1.54, 1.807) is 0 Å². The highest BCUT2D eigenvalue weighted by Crippen LogP contribution is 2.30. The van der Waals surface area contributed by atoms with Gasteiger partial charge in [0.15, 0.2) is 12.3 Å². The van der Waals surface area contributed by atoms with Gasteiger partial charge in [-0.15, -0.1) is 11.3 Å². The van der Waals surface area contributed by atoms with Crippen molar-refractivity contribution in [1.29, 1.82) is 0 Å². The molecular weight excluding hydrogens is 352 g/mol. The van der Waals surface area contributed by atoms with Crippen LogP contribution in [0, 0.1) is 5.92 Å². The van der Waals surface area contributed by atoms with E-state index < -0.39 is 5.97 Å². The van der Waals surface area contributed by atoms with Crippen LogP contribution in [0.1, 0.15) is 24.3 Å². The highest BCUT2D eigenvalue weighted by molar-refractivity contribution is 7.21. The minimum atomic E-state index is -0.702. The molecule has 0 unspecified atom stereocenters. The standard InChI is InChI=1S/C18H18N4O3S/c1-11(2)9-21-14(23)10-25-18(24)16-15(19-7-8-20-16)17-22-12-5-3-4-6-13(12)26-17/h3-8,11H,9-10H2,1-2H3,(H,21,23). The van der Waals surface area contributed by atoms with Gasteiger partial charge in [-0.1, -0.05) is 26.0 Å². The zero-order chi connectivity index (χ0) is 18.5. The van der Waals surface area contributed by atoms with Crippen molar-refractivity contribution in [3.8, 4) is 10.7 Å². The van der Waals surface area contributed by atoms with E-state index in [0.717, 1.165) is 10.2 Å². The number of hydrogen-bond acceptors (Lipinski definition) is 7. The van der Waals surface area contributed by atoms with Crippen molar-refractivity contribution < 1.29 is 14.3 Å². The second-order valence-corrected chi connectivity index (χ2v) is 7.05. The summed E-state index contributed by atoms with van der Waals surface area (Å²) in [7, 11) is 0. The normalized spacial score (nSPS) is 10.9. The third-order valence-corrected chi connectivity index (χ3v) is 4.47. The van der Waals surface area contributed by atoms with Gasteiger partial charge in [0.1, 0.15) is 10.7 Å². The third-order valence-electron chi connectivity index (χ3n) is 3.43. The fourth-order valence-electron chi connectivity index (χ4n) is 2.19. The number of carbonyl (C=O) groups is 2. The lowest BCUT2D eigenvalue weighted by atomic mass is 10.2. The van der Waals surface area contributed by atoms with E-state index >= 15 is 0 Å². The third kappa shape index (κ3) is 4.20. The lowest BCUT2D eigenvalue weighted by Crippen LogP contribution is -2.31. The number of ether oxygens (including phenoxy) is 1. The second-order valence-electron chi connectivity index (χ2n) is 6.01. The maximum absolute atomic E-state index is 12.4. The highest BCUT2D eigenvalue weighted by atomic mass is 32.1. The van der Waals surface area contributed by atoms with Crippen LogP contribution in [0.5, 0.6) is 0 Å². The van der Waals surface area contributed by atoms with Gasteiger partial charge < -0.3 is 10.1 Å². The number of aromatic nitrogens is 3. The van der Waals surface area contributed by atoms with E-state index in [0.29, 0.717) is 23.2 Å². The summed E-state index contributed by atoms with van der Waals surface area (Å²) in [5.74, 6) is -0.732. The van der Waals surface area contributed by atoms with Gasteiger partial charge in [-0.25, -0.2) is 19.7 Å². The molecule has 0 fully saturated rings. The van der Waals surface area contributed by atoms with Gasteiger partial charge in [0.2, 0.25) is 0 Å². The van der Waals surface area contributed by atoms with Crippen LogP contribution in [0.25, 0.3) is 20.9 Å². The van der Waals surface area contributed by atoms with E-state index in [4.69, 9.17) is 4.74 Å². The van der Waals surface area contributed by atoms with Crippen molar-refractivity contribution in [2.45, 2.75) is 13.8 Å². The molecule has 1 N–H and O–H groups in total. The van der Waals surface area contributed by atoms with Gasteiger partial charge in [0.25, 0.3) is 5.91 Å². The van der Waals surface area contributed by atoms with E-state index in [2.05, 4.69) is 20.3 Å². The molecule has 0 atom stereocenters. The number of rotatable bonds is 6. The van der Waals surface area contributed by atoms with Crippen LogP contribution in [-0.4, -0.2) is 40.0 Å². The van der Waals surface area contributed by atoms with Crippen molar-refractivity contribution in [3.63, 3.8) is 0 Å². The summed E-state index contributed by atoms with van der Waals surface area (Å²) in [6, 6.07) is 7.66. The van der Waals surface area contributed by atoms with E-state index in [1.807, 2.05) is 38.1 Å². The summed E-state index contributed by atoms with van der Waals surface area (Å²) in [6.45, 7) is 4.13. The van der Waals surface area contributed by atoms with Crippen molar-refractivity contribution in [2.24, 2.45) is 5.92 Å². The molecule has 0 radical (unpaired) electrons. The maximum atomic E-state index is 12.4. The maximum Gasteiger partial charge on any atom is 0.359 e. The zero-order valence-corrected chi connectivity index (χ0v) is 15.2. The van der Waals surface area contributed by atoms with Gasteiger partial charge >= 0.3 is 5.97 Å². The molecule has 2 heterocycles. The molecule has 0 bridgehead atoms. The van der Waals surface area contributed by atoms with Crippen LogP contribution in [0.15, 0.2) is 36.7 Å². The number of amides is 1. The number of para-hydroxylation sites is 1. The number of nitrogens with one attached hydrogen (secondary N) is 1. The Labute approximate surface area is 154 Å². The Bertz CT molecular complexity index is 906. The monoisotopic (exact) mass is 370 g/mol. The SMILES string of the molecule is CC(C)CNC(=O)COC(=O)c1nccnc1-c1nc2ccccc2s1. The average molecular weight is 370 g/mol. The molecule has 3 rings (SSSR count). The molecule has 0 saturated carbocycles. The molecule has 7 nitrogen and oxygen atoms in total. The minimum absolute atomic E-state index is 0.0446. The van der Waals surface area contributed by atoms with Gasteiger partial charge in [-0.2, -0.15) is 0 Å². The Hall–Kier alpha value is -2.87. The van der Waals surface area contributed by atoms with Crippen molar-refractivity contribution in [3.05, 3.63) is 42.4 Å². The van der Waals surface area contributed by atoms with E-state index in [-0.39, 0.29) is 18.2 Å². The number of hydrogen-bond donors (Lipinski definition) is 1. The number of carbonyl (C=O) groups excluding carboxylic acids is 2. The average Bonchev–Trinajstić information content (AvgIpc) is 3.08. The number of nitrogens with zero attached hydrogens (tertiary/aromatic N) is 3. The molecular formula is C18H18N4O3S. The first-order valence-electron chi connectivity index (χ1n) is 8.15. The summed E-state index contributed by atoms with van der Waals surface area (Å²) in [4.78, 5) is 36.9. The Morgan fingerprint density at radius 3 is 2.73 bits per heavy atom. The largest absolute Gasteiger partial charge is 0.451 e. The predicted octanol–water partition coefficient (Wildman–Crippen LogP) is 2.68. The van der Waals surface area contributed by atoms with Gasteiger partial charge in [-0.3, -0.25) is 4.79 Å². The van der Waals surface area contributed by atoms with Crippen LogP contribution in [0.2, 0.25) is 0 Å². The Kier molecular flexibility index (Phi) is 5.52. The topological polar surface area (TPSA) is 94.1 Å². The molecule has 0 spiro atoms. The number of esters is 1. The molecule has 26 heavy (non-hydrogen) atoms. The van der Waals surface area contributed by atoms with Crippen LogP contribution < -0.4 is 5.32 Å². The first kappa shape index (κ1) is 17.9. The lowest BCUT2D eigenvalue weighted by molar-refractivity contribution is -0.124. The molecule has 0 saturated heterocycles. The highest BCUT2D eigenvalue weighted by Gasteiger charge is 2.20. The van der Waals surface area contributed by atoms with Gasteiger partial charge in [0.05, 0.1) is 10.2 Å². The van der Waals surface area contributed by atoms with Crippen LogP contribution in [0.3, 0.4) is 0 Å². The lowest BCUT2D eigenvalue weighted by Gasteiger charge is -2.08. The van der Waals surface area contributed by atoms with Crippen LogP contribution >= 0.6 is 11.3 Å². The Balaban J connectivity index is 1.76. The van der Waals surface area contributed by atoms with Crippen molar-refractivity contribution in [1.82, 2.24) is 20.3 Å². The molecule has 3 aromatic rings. The minimum Gasteiger partial charge on any atom is -0.451 e. The van der Waals surface area contributed by atoms with E-state index in [1.165, 1.54) is 23.7 Å². The molecule has 0 aliphatic heterocycles. The van der Waals surface area contributed by atoms with E-state index in [9.17, 15) is 9.59 Å². The molecule has 134 valence electrons. The quantitative estimate of drug-likeness (QED) is 0.671. The molecule has 1 aromatic carbocycles. The number of benzene rings is 1. The molecule has 8 heteroatoms. The molecule has 1 amide bonds. The molecule has 2 aromatic heterocycles. The smallest absolute Gasteiger partial charge is 0.359 e. The van der Waals surface area contributed by atoms with Crippen molar-refractivity contribution >= 4 is 33.4 Å². The Morgan fingerprint density at radius 1 is 1.19 bits per heavy atom. The fraction of sp³-hybridized carbons (Fsp3) is 0.278. The predicted molar refractivity (Wildman–Crippen MR) is 98.8 cm³/mol.